The molecule has 3 rings (SSSR count). The lowest BCUT2D eigenvalue weighted by Gasteiger charge is -2.32. The maximum absolute atomic E-state index is 12.8. The van der Waals surface area contributed by atoms with Gasteiger partial charge in [0.25, 0.3) is 0 Å². The third-order valence-corrected chi connectivity index (χ3v) is 4.69. The van der Waals surface area contributed by atoms with Gasteiger partial charge in [0.1, 0.15) is 0 Å². The van der Waals surface area contributed by atoms with Crippen molar-refractivity contribution < 1.29 is 13.2 Å². The van der Waals surface area contributed by atoms with Crippen molar-refractivity contribution >= 4 is 23.0 Å². The second-order valence-electron chi connectivity index (χ2n) is 6.18. The Labute approximate surface area is 149 Å². The average Bonchev–Trinajstić information content (AvgIpc) is 3.04. The molecule has 0 atom stereocenters. The van der Waals surface area contributed by atoms with E-state index in [0.717, 1.165) is 43.4 Å². The summed E-state index contributed by atoms with van der Waals surface area (Å²) in [6, 6.07) is 8.92. The Kier molecular flexibility index (Phi) is 4.94. The molecule has 1 fully saturated rings. The molecule has 3 nitrogen and oxygen atoms in total. The van der Waals surface area contributed by atoms with Crippen LogP contribution in [0.4, 0.5) is 18.9 Å². The van der Waals surface area contributed by atoms with E-state index < -0.39 is 11.7 Å². The summed E-state index contributed by atoms with van der Waals surface area (Å²) in [4.78, 5) is 4.04. The molecule has 0 spiro atoms. The number of rotatable bonds is 3. The van der Waals surface area contributed by atoms with Crippen molar-refractivity contribution in [1.82, 2.24) is 10.3 Å². The summed E-state index contributed by atoms with van der Waals surface area (Å²) in [7, 11) is 0. The molecule has 25 heavy (non-hydrogen) atoms. The minimum atomic E-state index is -4.38. The number of hydrogen-bond donors (Lipinski definition) is 2. The number of anilines is 1. The molecule has 7 heteroatoms. The summed E-state index contributed by atoms with van der Waals surface area (Å²) >= 11 is 5.36. The van der Waals surface area contributed by atoms with Crippen LogP contribution in [0.15, 0.2) is 48.8 Å². The third-order valence-electron chi connectivity index (χ3n) is 4.49. The predicted octanol–water partition coefficient (Wildman–Crippen LogP) is 4.86. The molecule has 1 aromatic carbocycles. The minimum absolute atomic E-state index is 0.297. The number of nitrogens with zero attached hydrogens (tertiary/aromatic N) is 1. The molecule has 132 valence electrons. The summed E-state index contributed by atoms with van der Waals surface area (Å²) < 4.78 is 38.5. The van der Waals surface area contributed by atoms with E-state index in [4.69, 9.17) is 12.2 Å². The van der Waals surface area contributed by atoms with Crippen LogP contribution in [0.25, 0.3) is 0 Å². The van der Waals surface area contributed by atoms with Crippen LogP contribution in [-0.4, -0.2) is 10.1 Å². The van der Waals surface area contributed by atoms with Crippen LogP contribution in [0.2, 0.25) is 0 Å². The normalized spacial score (nSPS) is 16.4. The minimum Gasteiger partial charge on any atom is -0.353 e. The van der Waals surface area contributed by atoms with Crippen LogP contribution in [0.3, 0.4) is 0 Å². The van der Waals surface area contributed by atoms with Crippen molar-refractivity contribution in [3.63, 3.8) is 0 Å². The van der Waals surface area contributed by atoms with Crippen molar-refractivity contribution in [2.24, 2.45) is 0 Å². The monoisotopic (exact) mass is 365 g/mol. The van der Waals surface area contributed by atoms with Gasteiger partial charge >= 0.3 is 6.18 Å². The lowest BCUT2D eigenvalue weighted by Crippen LogP contribution is -2.45. The highest BCUT2D eigenvalue weighted by atomic mass is 32.1. The quantitative estimate of drug-likeness (QED) is 0.762. The van der Waals surface area contributed by atoms with Crippen LogP contribution in [0.1, 0.15) is 36.8 Å². The van der Waals surface area contributed by atoms with Gasteiger partial charge in [-0.1, -0.05) is 18.9 Å². The Bertz CT molecular complexity index is 741. The van der Waals surface area contributed by atoms with E-state index in [9.17, 15) is 13.2 Å². The zero-order chi connectivity index (χ0) is 17.9. The second kappa shape index (κ2) is 7.00. The number of halogens is 3. The number of nitrogens with one attached hydrogen (secondary N) is 2. The number of alkyl halides is 3. The topological polar surface area (TPSA) is 37.0 Å². The van der Waals surface area contributed by atoms with Crippen LogP contribution >= 0.6 is 12.2 Å². The maximum Gasteiger partial charge on any atom is 0.416 e. The fourth-order valence-electron chi connectivity index (χ4n) is 3.29. The van der Waals surface area contributed by atoms with Crippen LogP contribution in [0, 0.1) is 0 Å². The first-order valence-corrected chi connectivity index (χ1v) is 8.47. The fourth-order valence-corrected chi connectivity index (χ4v) is 3.60. The molecule has 1 saturated carbocycles. The Morgan fingerprint density at radius 2 is 1.76 bits per heavy atom. The summed E-state index contributed by atoms with van der Waals surface area (Å²) in [6.07, 6.45) is 3.07. The highest BCUT2D eigenvalue weighted by Gasteiger charge is 2.36. The van der Waals surface area contributed by atoms with Crippen molar-refractivity contribution in [1.29, 1.82) is 0 Å². The summed E-state index contributed by atoms with van der Waals surface area (Å²) in [5, 5.41) is 6.52. The van der Waals surface area contributed by atoms with Gasteiger partial charge in [-0.15, -0.1) is 0 Å². The van der Waals surface area contributed by atoms with Gasteiger partial charge < -0.3 is 10.6 Å². The van der Waals surface area contributed by atoms with Gasteiger partial charge in [0.15, 0.2) is 5.11 Å². The molecule has 0 aliphatic heterocycles. The Balaban J connectivity index is 1.75. The molecule has 1 aliphatic rings. The number of hydrogen-bond acceptors (Lipinski definition) is 2. The highest BCUT2D eigenvalue weighted by molar-refractivity contribution is 7.80. The smallest absolute Gasteiger partial charge is 0.353 e. The maximum atomic E-state index is 12.8. The molecular formula is C18H18F3N3S. The number of thiocarbonyl (C=S) groups is 1. The van der Waals surface area contributed by atoms with Crippen molar-refractivity contribution in [2.45, 2.75) is 37.4 Å². The highest BCUT2D eigenvalue weighted by Crippen LogP contribution is 2.38. The molecule has 1 heterocycles. The van der Waals surface area contributed by atoms with E-state index in [1.54, 1.807) is 18.5 Å². The molecule has 0 amide bonds. The molecule has 2 aromatic rings. The second-order valence-corrected chi connectivity index (χ2v) is 6.59. The van der Waals surface area contributed by atoms with E-state index >= 15 is 0 Å². The van der Waals surface area contributed by atoms with E-state index in [2.05, 4.69) is 15.6 Å². The average molecular weight is 365 g/mol. The molecule has 0 bridgehead atoms. The van der Waals surface area contributed by atoms with E-state index in [1.165, 1.54) is 6.07 Å². The van der Waals surface area contributed by atoms with Gasteiger partial charge in [0.05, 0.1) is 11.1 Å². The van der Waals surface area contributed by atoms with Gasteiger partial charge in [0, 0.05) is 18.1 Å². The summed E-state index contributed by atoms with van der Waals surface area (Å²) in [5.41, 5.74) is 0.405. The summed E-state index contributed by atoms with van der Waals surface area (Å²) in [6.45, 7) is 0. The van der Waals surface area contributed by atoms with Gasteiger partial charge in [0.2, 0.25) is 0 Å². The molecule has 0 radical (unpaired) electrons. The molecule has 1 aliphatic carbocycles. The van der Waals surface area contributed by atoms with E-state index in [0.29, 0.717) is 10.8 Å². The lowest BCUT2D eigenvalue weighted by atomic mass is 9.89. The first-order valence-electron chi connectivity index (χ1n) is 8.06. The number of pyridine rings is 1. The Hall–Kier alpha value is -2.15. The van der Waals surface area contributed by atoms with Gasteiger partial charge in [-0.2, -0.15) is 13.2 Å². The van der Waals surface area contributed by atoms with Gasteiger partial charge in [-0.25, -0.2) is 0 Å². The van der Waals surface area contributed by atoms with Crippen LogP contribution < -0.4 is 10.6 Å². The molecule has 1 aromatic heterocycles. The van der Waals surface area contributed by atoms with E-state index in [-0.39, 0.29) is 5.54 Å². The zero-order valence-electron chi connectivity index (χ0n) is 13.4. The van der Waals surface area contributed by atoms with Gasteiger partial charge in [-0.3, -0.25) is 4.98 Å². The van der Waals surface area contributed by atoms with Crippen LogP contribution in [0.5, 0.6) is 0 Å². The van der Waals surface area contributed by atoms with Crippen LogP contribution in [-0.2, 0) is 11.7 Å². The summed E-state index contributed by atoms with van der Waals surface area (Å²) in [5.74, 6) is 0. The van der Waals surface area contributed by atoms with Crippen molar-refractivity contribution in [2.75, 3.05) is 5.32 Å². The lowest BCUT2D eigenvalue weighted by molar-refractivity contribution is -0.137. The molecule has 0 saturated heterocycles. The Morgan fingerprint density at radius 1 is 1.08 bits per heavy atom. The SMILES string of the molecule is FC(F)(F)c1cccc(NC(=S)NC2(c3ccncc3)CCCC2)c1. The van der Waals surface area contributed by atoms with Crippen molar-refractivity contribution in [3.8, 4) is 0 Å². The zero-order valence-corrected chi connectivity index (χ0v) is 14.3. The largest absolute Gasteiger partial charge is 0.416 e. The fraction of sp³-hybridized carbons (Fsp3) is 0.333. The Morgan fingerprint density at radius 3 is 2.40 bits per heavy atom. The van der Waals surface area contributed by atoms with E-state index in [1.807, 2.05) is 12.1 Å². The first-order chi connectivity index (χ1) is 11.9. The predicted molar refractivity (Wildman–Crippen MR) is 95.2 cm³/mol. The molecular weight excluding hydrogens is 347 g/mol. The van der Waals surface area contributed by atoms with Crippen molar-refractivity contribution in [3.05, 3.63) is 59.9 Å². The first kappa shape index (κ1) is 17.7. The van der Waals surface area contributed by atoms with Gasteiger partial charge in [-0.05, 0) is 61.0 Å². The standard InChI is InChI=1S/C18H18F3N3S/c19-18(20,21)14-4-3-5-15(12-14)23-16(25)24-17(8-1-2-9-17)13-6-10-22-11-7-13/h3-7,10-12H,1-2,8-9H2,(H2,23,24,25). The third kappa shape index (κ3) is 4.10. The number of aromatic nitrogens is 1. The molecule has 0 unspecified atom stereocenters. The number of benzene rings is 1. The molecule has 2 N–H and O–H groups in total.